The first-order chi connectivity index (χ1) is 15.4. The van der Waals surface area contributed by atoms with Crippen molar-refractivity contribution in [3.05, 3.63) is 60.2 Å². The Bertz CT molecular complexity index is 1080. The second-order valence-electron chi connectivity index (χ2n) is 8.55. The molecule has 6 nitrogen and oxygen atoms in total. The first kappa shape index (κ1) is 22.2. The lowest BCUT2D eigenvalue weighted by molar-refractivity contribution is 0.172. The van der Waals surface area contributed by atoms with E-state index in [1.54, 1.807) is 7.11 Å². The molecule has 0 spiro atoms. The van der Waals surface area contributed by atoms with E-state index in [-0.39, 0.29) is 5.04 Å². The van der Waals surface area contributed by atoms with Gasteiger partial charge in [0.1, 0.15) is 18.9 Å². The van der Waals surface area contributed by atoms with Gasteiger partial charge in [-0.25, -0.2) is 4.98 Å². The number of pyridine rings is 1. The summed E-state index contributed by atoms with van der Waals surface area (Å²) in [6.07, 6.45) is 0. The maximum Gasteiger partial charge on any atom is 0.238 e. The average Bonchev–Trinajstić information content (AvgIpc) is 2.78. The normalized spacial score (nSPS) is 13.0. The summed E-state index contributed by atoms with van der Waals surface area (Å²) in [4.78, 5) is 4.72. The molecule has 2 aromatic carbocycles. The van der Waals surface area contributed by atoms with E-state index in [4.69, 9.17) is 23.6 Å². The van der Waals surface area contributed by atoms with E-state index in [1.807, 2.05) is 42.5 Å². The van der Waals surface area contributed by atoms with Crippen molar-refractivity contribution in [3.63, 3.8) is 0 Å². The molecular weight excluding hydrogens is 420 g/mol. The number of hydrogen-bond acceptors (Lipinski definition) is 6. The van der Waals surface area contributed by atoms with E-state index in [2.05, 4.69) is 38.2 Å². The van der Waals surface area contributed by atoms with Gasteiger partial charge in [0, 0.05) is 11.3 Å². The first-order valence-electron chi connectivity index (χ1n) is 10.6. The second-order valence-corrected chi connectivity index (χ2v) is 10.5. The van der Waals surface area contributed by atoms with Crippen LogP contribution in [0.25, 0.3) is 11.3 Å². The van der Waals surface area contributed by atoms with Crippen LogP contribution in [0.5, 0.6) is 17.4 Å². The van der Waals surface area contributed by atoms with E-state index < -0.39 is 0 Å². The van der Waals surface area contributed by atoms with Crippen LogP contribution in [0.4, 0.5) is 11.4 Å². The highest BCUT2D eigenvalue weighted by molar-refractivity contribution is 6.31. The van der Waals surface area contributed by atoms with Gasteiger partial charge in [0.15, 0.2) is 11.5 Å². The van der Waals surface area contributed by atoms with Crippen molar-refractivity contribution in [3.8, 4) is 28.6 Å². The molecule has 0 bridgehead atoms. The lowest BCUT2D eigenvalue weighted by Gasteiger charge is -2.21. The van der Waals surface area contributed by atoms with E-state index >= 15 is 0 Å². The number of para-hydroxylation sites is 1. The van der Waals surface area contributed by atoms with Crippen molar-refractivity contribution in [2.45, 2.75) is 32.4 Å². The minimum absolute atomic E-state index is 0.172. The van der Waals surface area contributed by atoms with E-state index in [0.717, 1.165) is 39.7 Å². The Hall–Kier alpha value is -3.03. The molecule has 0 atom stereocenters. The minimum atomic E-state index is 0.172. The lowest BCUT2D eigenvalue weighted by Crippen LogP contribution is -2.16. The number of rotatable bonds is 7. The number of ether oxygens (including phenoxy) is 3. The van der Waals surface area contributed by atoms with Gasteiger partial charge < -0.3 is 24.0 Å². The van der Waals surface area contributed by atoms with Crippen LogP contribution < -0.4 is 19.5 Å². The molecule has 0 saturated heterocycles. The lowest BCUT2D eigenvalue weighted by atomic mass is 10.1. The number of fused-ring (bicyclic) bond motifs is 1. The largest absolute Gasteiger partial charge is 0.486 e. The van der Waals surface area contributed by atoms with Gasteiger partial charge in [0.25, 0.3) is 0 Å². The summed E-state index contributed by atoms with van der Waals surface area (Å²) < 4.78 is 23.0. The zero-order valence-electron chi connectivity index (χ0n) is 18.9. The monoisotopic (exact) mass is 448 g/mol. The standard InChI is InChI=1S/C25H28N2O4Si/c1-25(2,3)32-31-16-17-7-5-8-18(15-17)26-21-12-11-20(27-24(21)28-4)19-9-6-10-22-23(19)30-14-13-29-22/h5-12,15,26H,13-14,16H2,1-4H3. The summed E-state index contributed by atoms with van der Waals surface area (Å²) in [7, 11) is 2.07. The van der Waals surface area contributed by atoms with Gasteiger partial charge in [-0.1, -0.05) is 39.0 Å². The van der Waals surface area contributed by atoms with Crippen LogP contribution in [0.2, 0.25) is 5.04 Å². The van der Waals surface area contributed by atoms with Gasteiger partial charge >= 0.3 is 0 Å². The predicted molar refractivity (Wildman–Crippen MR) is 127 cm³/mol. The van der Waals surface area contributed by atoms with Gasteiger partial charge in [0.2, 0.25) is 15.6 Å². The zero-order valence-corrected chi connectivity index (χ0v) is 19.9. The maximum atomic E-state index is 5.89. The third kappa shape index (κ3) is 5.41. The highest BCUT2D eigenvalue weighted by atomic mass is 28.2. The summed E-state index contributed by atoms with van der Waals surface area (Å²) in [6, 6.07) is 17.9. The Balaban J connectivity index is 1.53. The Kier molecular flexibility index (Phi) is 6.67. The highest BCUT2D eigenvalue weighted by Gasteiger charge is 2.19. The van der Waals surface area contributed by atoms with E-state index in [9.17, 15) is 0 Å². The van der Waals surface area contributed by atoms with E-state index in [1.165, 1.54) is 0 Å². The molecule has 0 amide bonds. The molecule has 7 heteroatoms. The Labute approximate surface area is 191 Å². The molecule has 2 heterocycles. The molecule has 0 unspecified atom stereocenters. The van der Waals surface area contributed by atoms with Crippen molar-refractivity contribution in [2.75, 3.05) is 25.6 Å². The fourth-order valence-corrected chi connectivity index (χ4v) is 4.02. The third-order valence-electron chi connectivity index (χ3n) is 4.72. The molecule has 0 saturated carbocycles. The zero-order chi connectivity index (χ0) is 22.6. The van der Waals surface area contributed by atoms with Crippen molar-refractivity contribution < 1.29 is 18.6 Å². The second kappa shape index (κ2) is 9.63. The van der Waals surface area contributed by atoms with Crippen LogP contribution in [-0.4, -0.2) is 35.1 Å². The van der Waals surface area contributed by atoms with Gasteiger partial charge in [-0.05, 0) is 47.0 Å². The predicted octanol–water partition coefficient (Wildman–Crippen LogP) is 5.63. The molecule has 0 aliphatic carbocycles. The molecule has 0 fully saturated rings. The van der Waals surface area contributed by atoms with Crippen LogP contribution in [0.1, 0.15) is 26.3 Å². The van der Waals surface area contributed by atoms with Crippen LogP contribution in [0, 0.1) is 0 Å². The van der Waals surface area contributed by atoms with Crippen LogP contribution in [-0.2, 0) is 11.0 Å². The molecule has 2 radical (unpaired) electrons. The minimum Gasteiger partial charge on any atom is -0.486 e. The quantitative estimate of drug-likeness (QED) is 0.473. The van der Waals surface area contributed by atoms with Crippen LogP contribution in [0.15, 0.2) is 54.6 Å². The summed E-state index contributed by atoms with van der Waals surface area (Å²) in [5, 5.41) is 3.59. The number of nitrogens with one attached hydrogen (secondary N) is 1. The molecule has 3 aromatic rings. The first-order valence-corrected chi connectivity index (χ1v) is 11.5. The number of anilines is 2. The average molecular weight is 449 g/mol. The Morgan fingerprint density at radius 1 is 1.03 bits per heavy atom. The molecule has 32 heavy (non-hydrogen) atoms. The summed E-state index contributed by atoms with van der Waals surface area (Å²) >= 11 is 0. The van der Waals surface area contributed by atoms with Crippen LogP contribution >= 0.6 is 0 Å². The smallest absolute Gasteiger partial charge is 0.238 e. The van der Waals surface area contributed by atoms with Gasteiger partial charge in [0.05, 0.1) is 19.4 Å². The summed E-state index contributed by atoms with van der Waals surface area (Å²) in [5.41, 5.74) is 4.49. The number of aromatic nitrogens is 1. The summed E-state index contributed by atoms with van der Waals surface area (Å²) in [6.45, 7) is 8.19. The molecule has 1 aromatic heterocycles. The van der Waals surface area contributed by atoms with Gasteiger partial charge in [-0.15, -0.1) is 0 Å². The SMILES string of the molecule is COc1nc(-c2cccc3c2OCCO3)ccc1Nc1cccc(CO[Si]C(C)(C)C)c1. The highest BCUT2D eigenvalue weighted by Crippen LogP contribution is 2.40. The molecular formula is C25H28N2O4Si. The van der Waals surface area contributed by atoms with E-state index in [0.29, 0.717) is 35.5 Å². The molecule has 1 N–H and O–H groups in total. The number of methoxy groups -OCH3 is 1. The summed E-state index contributed by atoms with van der Waals surface area (Å²) in [5.74, 6) is 1.97. The maximum absolute atomic E-state index is 5.89. The van der Waals surface area contributed by atoms with Crippen molar-refractivity contribution in [1.29, 1.82) is 0 Å². The Morgan fingerprint density at radius 3 is 2.66 bits per heavy atom. The van der Waals surface area contributed by atoms with Crippen molar-refractivity contribution in [1.82, 2.24) is 4.98 Å². The fourth-order valence-electron chi connectivity index (χ4n) is 3.35. The molecule has 1 aliphatic rings. The van der Waals surface area contributed by atoms with Gasteiger partial charge in [-0.2, -0.15) is 0 Å². The number of benzene rings is 2. The molecule has 166 valence electrons. The molecule has 4 rings (SSSR count). The van der Waals surface area contributed by atoms with Crippen molar-refractivity contribution >= 4 is 21.1 Å². The van der Waals surface area contributed by atoms with Crippen LogP contribution in [0.3, 0.4) is 0 Å². The third-order valence-corrected chi connectivity index (χ3v) is 5.62. The number of nitrogens with zero attached hydrogens (tertiary/aromatic N) is 1. The number of hydrogen-bond donors (Lipinski definition) is 1. The topological polar surface area (TPSA) is 61.8 Å². The molecule has 1 aliphatic heterocycles. The van der Waals surface area contributed by atoms with Crippen molar-refractivity contribution in [2.24, 2.45) is 0 Å². The van der Waals surface area contributed by atoms with Gasteiger partial charge in [-0.3, -0.25) is 0 Å². The Morgan fingerprint density at radius 2 is 1.84 bits per heavy atom. The fraction of sp³-hybridized carbons (Fsp3) is 0.320.